The van der Waals surface area contributed by atoms with E-state index in [1.54, 1.807) is 13.8 Å². The molecular weight excluding hydrogens is 504 g/mol. The van der Waals surface area contributed by atoms with Crippen LogP contribution in [0.1, 0.15) is 29.8 Å². The SMILES string of the molecule is C.CC#CC#CC#CC.O.O.O.O.O.O.O.O.O.O=CC(=O)C(=O)C(=O)C(=O)C(=O)C(=O)C=O.[C-]#[O+].[HH].[HH].[HH].[HH].[HH].[HH]. The van der Waals surface area contributed by atoms with Crippen molar-refractivity contribution in [3.63, 3.8) is 0 Å². The van der Waals surface area contributed by atoms with Crippen molar-refractivity contribution in [1.29, 1.82) is 0 Å². The molecule has 18 N–H and O–H groups in total. The van der Waals surface area contributed by atoms with E-state index in [1.165, 1.54) is 0 Å². The van der Waals surface area contributed by atoms with Gasteiger partial charge in [0.2, 0.25) is 0 Å². The predicted molar refractivity (Wildman–Crippen MR) is 133 cm³/mol. The van der Waals surface area contributed by atoms with Gasteiger partial charge in [-0.25, -0.2) is 0 Å². The second kappa shape index (κ2) is 57.4. The quantitative estimate of drug-likeness (QED) is 0.0734. The molecule has 0 aromatic heterocycles. The number of hydrogen-bond acceptors (Lipinski definition) is 8. The Labute approximate surface area is 212 Å². The fraction of sp³-hybridized carbons (Fsp3) is 0.167. The summed E-state index contributed by atoms with van der Waals surface area (Å²) in [6, 6.07) is 0. The average Bonchev–Trinajstić information content (AvgIpc) is 2.69. The van der Waals surface area contributed by atoms with Gasteiger partial charge in [0.25, 0.3) is 34.7 Å². The van der Waals surface area contributed by atoms with Crippen LogP contribution in [0.2, 0.25) is 0 Å². The van der Waals surface area contributed by atoms with Crippen molar-refractivity contribution >= 4 is 47.3 Å². The van der Waals surface area contributed by atoms with E-state index < -0.39 is 47.3 Å². The summed E-state index contributed by atoms with van der Waals surface area (Å²) < 4.78 is 7.50. The Morgan fingerprint density at radius 1 is 0.528 bits per heavy atom. The first kappa shape index (κ1) is 85.7. The second-order valence-corrected chi connectivity index (χ2v) is 3.28. The van der Waals surface area contributed by atoms with Crippen LogP contribution in [0.25, 0.3) is 0 Å². The fourth-order valence-electron chi connectivity index (χ4n) is 0.725. The molecule has 0 radical (unpaired) electrons. The molecule has 0 spiro atoms. The molecule has 0 aliphatic heterocycles. The van der Waals surface area contributed by atoms with Crippen molar-refractivity contribution in [3.05, 3.63) is 6.65 Å². The molecule has 18 nitrogen and oxygen atoms in total. The number of hydrogen-bond donors (Lipinski definition) is 0. The van der Waals surface area contributed by atoms with Crippen LogP contribution in [-0.2, 0) is 43.0 Å². The van der Waals surface area contributed by atoms with Gasteiger partial charge in [0.1, 0.15) is 0 Å². The number of ketones is 6. The van der Waals surface area contributed by atoms with Crippen LogP contribution in [0.4, 0.5) is 0 Å². The molecule has 0 aliphatic rings. The molecule has 0 aromatic carbocycles. The van der Waals surface area contributed by atoms with Gasteiger partial charge in [0.05, 0.1) is 0 Å². The Balaban J connectivity index is -0.0000000109. The van der Waals surface area contributed by atoms with Crippen molar-refractivity contribution in [2.75, 3.05) is 0 Å². The van der Waals surface area contributed by atoms with E-state index in [2.05, 4.69) is 42.2 Å². The van der Waals surface area contributed by atoms with Crippen molar-refractivity contribution in [3.8, 4) is 35.5 Å². The third-order valence-corrected chi connectivity index (χ3v) is 1.72. The van der Waals surface area contributed by atoms with Crippen LogP contribution < -0.4 is 0 Å². The van der Waals surface area contributed by atoms with Gasteiger partial charge < -0.3 is 49.3 Å². The van der Waals surface area contributed by atoms with Gasteiger partial charge in [0, 0.05) is 8.56 Å². The molecule has 18 heteroatoms. The summed E-state index contributed by atoms with van der Waals surface area (Å²) in [6.07, 6.45) is -1.06. The summed E-state index contributed by atoms with van der Waals surface area (Å²) in [6.45, 7) is 7.99. The van der Waals surface area contributed by atoms with Crippen molar-refractivity contribution in [1.82, 2.24) is 0 Å². The molecular formula is C18H42O18. The molecule has 0 saturated carbocycles. The van der Waals surface area contributed by atoms with Gasteiger partial charge in [0.15, 0.2) is 12.6 Å². The van der Waals surface area contributed by atoms with Crippen LogP contribution in [-0.4, -0.2) is 96.6 Å². The first-order valence-corrected chi connectivity index (χ1v) is 5.98. The molecule has 36 heavy (non-hydrogen) atoms. The third-order valence-electron chi connectivity index (χ3n) is 1.72. The predicted octanol–water partition coefficient (Wildman–Crippen LogP) is -7.51. The molecule has 0 amide bonds. The molecule has 0 fully saturated rings. The van der Waals surface area contributed by atoms with E-state index in [4.69, 9.17) is 4.65 Å². The van der Waals surface area contributed by atoms with E-state index in [-0.39, 0.29) is 65.3 Å². The normalized spacial score (nSPS) is 4.78. The van der Waals surface area contributed by atoms with Gasteiger partial charge in [-0.05, 0) is 37.5 Å². The monoisotopic (exact) mass is 546 g/mol. The van der Waals surface area contributed by atoms with Crippen molar-refractivity contribution in [2.24, 2.45) is 0 Å². The Hall–Kier alpha value is -4.58. The largest absolute Gasteiger partial charge is 0 e. The van der Waals surface area contributed by atoms with E-state index >= 15 is 0 Å². The minimum Gasteiger partial charge on any atom is 0 e. The summed E-state index contributed by atoms with van der Waals surface area (Å²) in [5.74, 6) is 3.53. The number of aldehydes is 2. The number of carbonyl (C=O) groups is 8. The Bertz CT molecular complexity index is 808. The van der Waals surface area contributed by atoms with Crippen LogP contribution in [0.5, 0.6) is 0 Å². The Kier molecular flexibility index (Phi) is 137. The second-order valence-electron chi connectivity index (χ2n) is 3.28. The summed E-state index contributed by atoms with van der Waals surface area (Å²) in [4.78, 5) is 83.0. The van der Waals surface area contributed by atoms with E-state index in [0.717, 1.165) is 0 Å². The number of carbonyl (C=O) groups excluding carboxylic acids is 8. The van der Waals surface area contributed by atoms with Crippen molar-refractivity contribution < 1.29 is 101 Å². The van der Waals surface area contributed by atoms with Crippen LogP contribution in [0, 0.1) is 42.2 Å². The van der Waals surface area contributed by atoms with Crippen LogP contribution in [0.3, 0.4) is 0 Å². The van der Waals surface area contributed by atoms with E-state index in [9.17, 15) is 38.4 Å². The summed E-state index contributed by atoms with van der Waals surface area (Å²) in [5, 5.41) is 0. The number of Topliss-reactive ketones (excluding diaryl/α,β-unsaturated/α-hetero) is 6. The van der Waals surface area contributed by atoms with Crippen molar-refractivity contribution in [2.45, 2.75) is 21.3 Å². The minimum atomic E-state index is -2.13. The molecule has 0 aromatic rings. The summed E-state index contributed by atoms with van der Waals surface area (Å²) in [7, 11) is 0. The average molecular weight is 547 g/mol. The third kappa shape index (κ3) is 39.8. The molecule has 0 rings (SSSR count). The first-order chi connectivity index (χ1) is 12.3. The molecule has 0 bridgehead atoms. The zero-order valence-corrected chi connectivity index (χ0v) is 17.8. The minimum absolute atomic E-state index is 0. The van der Waals surface area contributed by atoms with Gasteiger partial charge >= 0.3 is 11.3 Å². The summed E-state index contributed by atoms with van der Waals surface area (Å²) >= 11 is 0. The summed E-state index contributed by atoms with van der Waals surface area (Å²) in [5.41, 5.74) is 0. The fourth-order valence-corrected chi connectivity index (χ4v) is 0.725. The van der Waals surface area contributed by atoms with E-state index in [0.29, 0.717) is 0 Å². The topological polar surface area (TPSA) is 440 Å². The molecule has 0 atom stereocenters. The van der Waals surface area contributed by atoms with Crippen LogP contribution in [0.15, 0.2) is 0 Å². The molecule has 0 heterocycles. The maximum absolute atomic E-state index is 10.7. The molecule has 0 unspecified atom stereocenters. The zero-order chi connectivity index (χ0) is 21.1. The van der Waals surface area contributed by atoms with Gasteiger partial charge in [-0.2, -0.15) is 0 Å². The van der Waals surface area contributed by atoms with E-state index in [1.807, 2.05) is 0 Å². The smallest absolute Gasteiger partial charge is 0 e. The van der Waals surface area contributed by atoms with Crippen LogP contribution >= 0.6 is 0 Å². The van der Waals surface area contributed by atoms with Gasteiger partial charge in [-0.3, -0.25) is 38.4 Å². The maximum atomic E-state index is 10.7. The molecule has 0 aliphatic carbocycles. The first-order valence-electron chi connectivity index (χ1n) is 5.98. The molecule has 222 valence electrons. The number of rotatable bonds is 7. The zero-order valence-electron chi connectivity index (χ0n) is 17.8. The standard InChI is InChI=1S/C8H2O8.C8H6.CO.CH4.9H2O.6H2/c9-1-3(11)5(13)7(15)8(16)6(14)4(12)2-10;1-3-5-7-8-6-4-2;1-2;;;;;;;;;;;;;;;;/h1-2H;1-2H3;;1H4;9*1H2;6*1H. The van der Waals surface area contributed by atoms with Gasteiger partial charge in [-0.15, -0.1) is 0 Å². The Morgan fingerprint density at radius 2 is 0.722 bits per heavy atom. The maximum Gasteiger partial charge on any atom is 0 e. The van der Waals surface area contributed by atoms with Gasteiger partial charge in [-0.1, -0.05) is 19.3 Å². The Morgan fingerprint density at radius 3 is 0.861 bits per heavy atom. The molecule has 0 saturated heterocycles.